The molecule has 0 spiro atoms. The Labute approximate surface area is 223 Å². The van der Waals surface area contributed by atoms with Crippen LogP contribution in [0.4, 0.5) is 25.4 Å². The van der Waals surface area contributed by atoms with E-state index < -0.39 is 29.4 Å². The van der Waals surface area contributed by atoms with E-state index in [1.807, 2.05) is 0 Å². The molecule has 8 nitrogen and oxygen atoms in total. The Bertz CT molecular complexity index is 929. The number of carbonyl (C=O) groups excluding carboxylic acids is 3. The summed E-state index contributed by atoms with van der Waals surface area (Å²) >= 11 is 3.28. The van der Waals surface area contributed by atoms with Crippen molar-refractivity contribution in [2.24, 2.45) is 0 Å². The molecule has 4 amide bonds. The van der Waals surface area contributed by atoms with Gasteiger partial charge in [0.25, 0.3) is 0 Å². The number of hydrogen-bond acceptors (Lipinski definition) is 4. The van der Waals surface area contributed by atoms with E-state index in [4.69, 9.17) is 0 Å². The van der Waals surface area contributed by atoms with Crippen molar-refractivity contribution in [3.63, 3.8) is 0 Å². The van der Waals surface area contributed by atoms with E-state index in [1.54, 1.807) is 12.1 Å². The second-order valence-corrected chi connectivity index (χ2v) is 7.26. The molecule has 1 atom stereocenters. The van der Waals surface area contributed by atoms with E-state index in [0.717, 1.165) is 0 Å². The van der Waals surface area contributed by atoms with Crippen molar-refractivity contribution >= 4 is 45.3 Å². The third-order valence-corrected chi connectivity index (χ3v) is 4.70. The molecule has 0 fully saturated rings. The SMILES string of the molecule is CNC(=O)Nc1ccc(Br)c(NC(=O)NC(C)(Cc2ccc(F)cc2)C(=O)[O-])c1.[K+]. The maximum atomic E-state index is 13.1. The molecule has 0 saturated carbocycles. The molecule has 0 bridgehead atoms. The molecule has 0 saturated heterocycles. The predicted octanol–water partition coefficient (Wildman–Crippen LogP) is -0.784. The molecule has 30 heavy (non-hydrogen) atoms. The number of carboxylic acid groups (broad SMARTS) is 1. The van der Waals surface area contributed by atoms with E-state index in [-0.39, 0.29) is 57.8 Å². The van der Waals surface area contributed by atoms with Crippen LogP contribution in [0.15, 0.2) is 46.9 Å². The Morgan fingerprint density at radius 3 is 2.27 bits per heavy atom. The van der Waals surface area contributed by atoms with Gasteiger partial charge in [0.1, 0.15) is 5.82 Å². The van der Waals surface area contributed by atoms with E-state index >= 15 is 0 Å². The Morgan fingerprint density at radius 2 is 1.70 bits per heavy atom. The third kappa shape index (κ3) is 7.64. The van der Waals surface area contributed by atoms with Crippen molar-refractivity contribution in [1.82, 2.24) is 10.6 Å². The summed E-state index contributed by atoms with van der Waals surface area (Å²) in [5, 5.41) is 21.5. The van der Waals surface area contributed by atoms with E-state index in [9.17, 15) is 23.9 Å². The van der Waals surface area contributed by atoms with Gasteiger partial charge in [0.05, 0.1) is 17.2 Å². The molecule has 2 aromatic carbocycles. The maximum absolute atomic E-state index is 13.1. The van der Waals surface area contributed by atoms with Crippen LogP contribution in [-0.4, -0.2) is 30.6 Å². The molecule has 4 N–H and O–H groups in total. The summed E-state index contributed by atoms with van der Waals surface area (Å²) in [6.45, 7) is 1.30. The Hall–Kier alpha value is -1.50. The fraction of sp³-hybridized carbons (Fsp3) is 0.211. The molecular weight excluding hydrogens is 486 g/mol. The van der Waals surface area contributed by atoms with Crippen molar-refractivity contribution in [1.29, 1.82) is 0 Å². The van der Waals surface area contributed by atoms with Crippen LogP contribution < -0.4 is 77.8 Å². The molecule has 0 aliphatic carbocycles. The minimum absolute atomic E-state index is 0. The van der Waals surface area contributed by atoms with Crippen molar-refractivity contribution in [3.8, 4) is 0 Å². The molecule has 2 rings (SSSR count). The Balaban J connectivity index is 0.00000450. The summed E-state index contributed by atoms with van der Waals surface area (Å²) in [4.78, 5) is 35.5. The van der Waals surface area contributed by atoms with Gasteiger partial charge in [0.15, 0.2) is 0 Å². The van der Waals surface area contributed by atoms with E-state index in [0.29, 0.717) is 21.4 Å². The minimum Gasteiger partial charge on any atom is -0.548 e. The third-order valence-electron chi connectivity index (χ3n) is 4.01. The van der Waals surface area contributed by atoms with Crippen molar-refractivity contribution in [2.45, 2.75) is 18.9 Å². The van der Waals surface area contributed by atoms with Crippen LogP contribution in [0.3, 0.4) is 0 Å². The maximum Gasteiger partial charge on any atom is 1.00 e. The summed E-state index contributed by atoms with van der Waals surface area (Å²) in [5.41, 5.74) is -0.515. The molecule has 0 heterocycles. The molecule has 11 heteroatoms. The van der Waals surface area contributed by atoms with Gasteiger partial charge in [0.2, 0.25) is 0 Å². The summed E-state index contributed by atoms with van der Waals surface area (Å²) < 4.78 is 13.6. The number of carbonyl (C=O) groups is 3. The molecule has 0 aliphatic rings. The number of urea groups is 2. The van der Waals surface area contributed by atoms with Crippen molar-refractivity contribution in [3.05, 3.63) is 58.3 Å². The number of carboxylic acids is 1. The molecule has 0 radical (unpaired) electrons. The number of nitrogens with one attached hydrogen (secondary N) is 4. The number of rotatable bonds is 6. The van der Waals surface area contributed by atoms with Crippen LogP contribution in [0.5, 0.6) is 0 Å². The van der Waals surface area contributed by atoms with Crippen LogP contribution in [0.25, 0.3) is 0 Å². The molecule has 0 aromatic heterocycles. The van der Waals surface area contributed by atoms with Gasteiger partial charge in [-0.25, -0.2) is 14.0 Å². The first-order chi connectivity index (χ1) is 13.6. The van der Waals surface area contributed by atoms with Crippen LogP contribution in [0.2, 0.25) is 0 Å². The average molecular weight is 505 g/mol. The van der Waals surface area contributed by atoms with Crippen molar-refractivity contribution < 1.29 is 75.3 Å². The van der Waals surface area contributed by atoms with Crippen molar-refractivity contribution in [2.75, 3.05) is 17.7 Å². The van der Waals surface area contributed by atoms with Gasteiger partial charge < -0.3 is 31.2 Å². The number of halogens is 2. The van der Waals surface area contributed by atoms with Crippen LogP contribution in [0, 0.1) is 5.82 Å². The molecule has 2 aromatic rings. The summed E-state index contributed by atoms with van der Waals surface area (Å²) in [7, 11) is 1.46. The van der Waals surface area contributed by atoms with Crippen LogP contribution >= 0.6 is 15.9 Å². The fourth-order valence-electron chi connectivity index (χ4n) is 2.47. The Kier molecular flexibility index (Phi) is 10.4. The second kappa shape index (κ2) is 11.8. The zero-order chi connectivity index (χ0) is 21.6. The Morgan fingerprint density at radius 1 is 1.07 bits per heavy atom. The van der Waals surface area contributed by atoms with Gasteiger partial charge >= 0.3 is 63.4 Å². The number of aliphatic carboxylic acids is 1. The average Bonchev–Trinajstić information content (AvgIpc) is 2.66. The normalized spacial score (nSPS) is 12.0. The summed E-state index contributed by atoms with van der Waals surface area (Å²) in [5.74, 6) is -1.95. The largest absolute Gasteiger partial charge is 1.00 e. The number of anilines is 2. The van der Waals surface area contributed by atoms with Gasteiger partial charge in [0, 0.05) is 23.6 Å². The first-order valence-corrected chi connectivity index (χ1v) is 9.25. The molecule has 154 valence electrons. The first kappa shape index (κ1) is 26.5. The van der Waals surface area contributed by atoms with Gasteiger partial charge in [-0.3, -0.25) is 0 Å². The number of benzene rings is 2. The standard InChI is InChI=1S/C19H20BrFN4O4.K/c1-19(16(26)27,10-11-3-5-12(21)6-4-11)25-18(29)24-15-9-13(7-8-14(15)20)23-17(28)22-2;/h3-9H,10H2,1-2H3,(H,26,27)(H2,22,23,28)(H2,24,25,29);/q;+1/p-1. The van der Waals surface area contributed by atoms with Crippen LogP contribution in [0.1, 0.15) is 12.5 Å². The first-order valence-electron chi connectivity index (χ1n) is 8.46. The number of amides is 4. The fourth-order valence-corrected chi connectivity index (χ4v) is 2.82. The zero-order valence-electron chi connectivity index (χ0n) is 16.6. The summed E-state index contributed by atoms with van der Waals surface area (Å²) in [6, 6.07) is 8.75. The molecular formula is C19H19BrFKN4O4. The quantitative estimate of drug-likeness (QED) is 0.385. The monoisotopic (exact) mass is 504 g/mol. The smallest absolute Gasteiger partial charge is 0.548 e. The number of hydrogen-bond donors (Lipinski definition) is 4. The predicted molar refractivity (Wildman–Crippen MR) is 108 cm³/mol. The summed E-state index contributed by atoms with van der Waals surface area (Å²) in [6.07, 6.45) is -0.109. The van der Waals surface area contributed by atoms with Crippen LogP contribution in [-0.2, 0) is 11.2 Å². The molecule has 1 unspecified atom stereocenters. The second-order valence-electron chi connectivity index (χ2n) is 6.40. The van der Waals surface area contributed by atoms with Gasteiger partial charge in [-0.2, -0.15) is 0 Å². The van der Waals surface area contributed by atoms with Gasteiger partial charge in [-0.1, -0.05) is 12.1 Å². The minimum atomic E-state index is -1.74. The topological polar surface area (TPSA) is 122 Å². The van der Waals surface area contributed by atoms with Gasteiger partial charge in [-0.15, -0.1) is 0 Å². The van der Waals surface area contributed by atoms with Gasteiger partial charge in [-0.05, 0) is 58.7 Å². The molecule has 0 aliphatic heterocycles. The van der Waals surface area contributed by atoms with E-state index in [2.05, 4.69) is 37.2 Å². The zero-order valence-corrected chi connectivity index (χ0v) is 21.3. The van der Waals surface area contributed by atoms with E-state index in [1.165, 1.54) is 44.3 Å².